The lowest BCUT2D eigenvalue weighted by atomic mass is 9.97. The number of H-pyrrole nitrogens is 1. The number of fused-ring (bicyclic) bond motifs is 2. The number of aromatic nitrogens is 2. The third-order valence-corrected chi connectivity index (χ3v) is 5.58. The average Bonchev–Trinajstić information content (AvgIpc) is 2.66. The van der Waals surface area contributed by atoms with Crippen LogP contribution in [0.25, 0.3) is 22.0 Å². The summed E-state index contributed by atoms with van der Waals surface area (Å²) in [5.74, 6) is 2.32. The molecule has 1 aromatic heterocycles. The quantitative estimate of drug-likeness (QED) is 0.597. The van der Waals surface area contributed by atoms with Crippen LogP contribution in [0.3, 0.4) is 0 Å². The van der Waals surface area contributed by atoms with Gasteiger partial charge >= 0.3 is 0 Å². The van der Waals surface area contributed by atoms with Crippen LogP contribution in [0.4, 0.5) is 0 Å². The number of benzene rings is 2. The summed E-state index contributed by atoms with van der Waals surface area (Å²) < 4.78 is 6.06. The molecule has 0 aliphatic carbocycles. The smallest absolute Gasteiger partial charge is 0.272 e. The molecule has 132 valence electrons. The van der Waals surface area contributed by atoms with Crippen molar-refractivity contribution in [1.82, 2.24) is 15.1 Å². The Hall–Kier alpha value is -2.66. The number of aromatic amines is 1. The molecule has 2 aliphatic heterocycles. The van der Waals surface area contributed by atoms with Gasteiger partial charge in [-0.15, -0.1) is 0 Å². The minimum absolute atomic E-state index is 0.184. The van der Waals surface area contributed by atoms with E-state index in [-0.39, 0.29) is 5.56 Å². The summed E-state index contributed by atoms with van der Waals surface area (Å²) in [5.41, 5.74) is 2.82. The number of piperidine rings is 1. The summed E-state index contributed by atoms with van der Waals surface area (Å²) in [4.78, 5) is 14.6. The zero-order chi connectivity index (χ0) is 17.7. The SMILES string of the molecule is CC1CCN(Cc2ccc3c(c2)-c2n[nH]c(=O)c4cccc(c24)O3)CC1. The first-order valence-electron chi connectivity index (χ1n) is 9.24. The molecule has 1 saturated heterocycles. The van der Waals surface area contributed by atoms with E-state index in [1.54, 1.807) is 0 Å². The molecule has 5 nitrogen and oxygen atoms in total. The zero-order valence-electron chi connectivity index (χ0n) is 14.8. The van der Waals surface area contributed by atoms with E-state index in [2.05, 4.69) is 34.2 Å². The minimum Gasteiger partial charge on any atom is -0.456 e. The van der Waals surface area contributed by atoms with Crippen molar-refractivity contribution in [3.05, 3.63) is 52.3 Å². The van der Waals surface area contributed by atoms with E-state index in [0.29, 0.717) is 11.1 Å². The van der Waals surface area contributed by atoms with Crippen molar-refractivity contribution in [2.45, 2.75) is 26.3 Å². The molecule has 1 N–H and O–H groups in total. The van der Waals surface area contributed by atoms with E-state index in [9.17, 15) is 4.79 Å². The maximum Gasteiger partial charge on any atom is 0.272 e. The monoisotopic (exact) mass is 347 g/mol. The first kappa shape index (κ1) is 15.6. The summed E-state index contributed by atoms with van der Waals surface area (Å²) >= 11 is 0. The molecule has 0 atom stereocenters. The number of nitrogens with one attached hydrogen (secondary N) is 1. The van der Waals surface area contributed by atoms with E-state index in [0.717, 1.165) is 47.9 Å². The van der Waals surface area contributed by atoms with Crippen LogP contribution < -0.4 is 10.3 Å². The van der Waals surface area contributed by atoms with Gasteiger partial charge in [-0.2, -0.15) is 5.10 Å². The Morgan fingerprint density at radius 2 is 2.04 bits per heavy atom. The first-order chi connectivity index (χ1) is 12.7. The molecule has 0 bridgehead atoms. The molecule has 5 heteroatoms. The average molecular weight is 347 g/mol. The molecule has 2 aromatic carbocycles. The van der Waals surface area contributed by atoms with Crippen LogP contribution in [-0.2, 0) is 6.54 Å². The largest absolute Gasteiger partial charge is 0.456 e. The maximum absolute atomic E-state index is 12.1. The Kier molecular flexibility index (Phi) is 3.57. The zero-order valence-corrected chi connectivity index (χ0v) is 14.8. The number of likely N-dealkylation sites (tertiary alicyclic amines) is 1. The van der Waals surface area contributed by atoms with Gasteiger partial charge in [-0.25, -0.2) is 5.10 Å². The van der Waals surface area contributed by atoms with Gasteiger partial charge in [0.05, 0.1) is 10.8 Å². The highest BCUT2D eigenvalue weighted by Crippen LogP contribution is 2.44. The second-order valence-electron chi connectivity index (χ2n) is 7.47. The summed E-state index contributed by atoms with van der Waals surface area (Å²) in [7, 11) is 0. The highest BCUT2D eigenvalue weighted by atomic mass is 16.5. The molecule has 3 aromatic rings. The third-order valence-electron chi connectivity index (χ3n) is 5.58. The van der Waals surface area contributed by atoms with E-state index in [1.807, 2.05) is 24.3 Å². The highest BCUT2D eigenvalue weighted by molar-refractivity contribution is 6.01. The number of hydrogen-bond donors (Lipinski definition) is 1. The summed E-state index contributed by atoms with van der Waals surface area (Å²) in [6.07, 6.45) is 2.53. The van der Waals surface area contributed by atoms with Crippen LogP contribution in [0.5, 0.6) is 11.5 Å². The number of hydrogen-bond acceptors (Lipinski definition) is 4. The summed E-state index contributed by atoms with van der Waals surface area (Å²) in [5, 5.41) is 8.39. The molecule has 2 aliphatic rings. The van der Waals surface area contributed by atoms with Crippen LogP contribution in [-0.4, -0.2) is 28.2 Å². The summed E-state index contributed by atoms with van der Waals surface area (Å²) in [6.45, 7) is 5.57. The second-order valence-corrected chi connectivity index (χ2v) is 7.47. The van der Waals surface area contributed by atoms with Crippen molar-refractivity contribution in [2.24, 2.45) is 5.92 Å². The Labute approximate surface area is 151 Å². The fraction of sp³-hybridized carbons (Fsp3) is 0.333. The standard InChI is InChI=1S/C21H21N3O2/c1-13-7-9-24(10-8-13)12-14-5-6-17-16(11-14)20-19-15(21(25)23-22-20)3-2-4-18(19)26-17/h2-6,11,13H,7-10,12H2,1H3,(H,23,25). The van der Waals surface area contributed by atoms with Gasteiger partial charge in [-0.1, -0.05) is 19.1 Å². The lowest BCUT2D eigenvalue weighted by Gasteiger charge is -2.30. The fourth-order valence-corrected chi connectivity index (χ4v) is 4.01. The van der Waals surface area contributed by atoms with Crippen LogP contribution >= 0.6 is 0 Å². The van der Waals surface area contributed by atoms with Gasteiger partial charge in [0.1, 0.15) is 17.2 Å². The van der Waals surface area contributed by atoms with Gasteiger partial charge in [0.2, 0.25) is 0 Å². The minimum atomic E-state index is -0.184. The maximum atomic E-state index is 12.1. The van der Waals surface area contributed by atoms with Gasteiger partial charge in [0, 0.05) is 12.1 Å². The fourth-order valence-electron chi connectivity index (χ4n) is 4.01. The van der Waals surface area contributed by atoms with Crippen molar-refractivity contribution < 1.29 is 4.74 Å². The second kappa shape index (κ2) is 5.95. The van der Waals surface area contributed by atoms with Crippen LogP contribution in [0.15, 0.2) is 41.2 Å². The van der Waals surface area contributed by atoms with Gasteiger partial charge in [0.15, 0.2) is 0 Å². The lowest BCUT2D eigenvalue weighted by molar-refractivity contribution is 0.185. The van der Waals surface area contributed by atoms with Gasteiger partial charge in [0.25, 0.3) is 5.56 Å². The molecule has 0 radical (unpaired) electrons. The van der Waals surface area contributed by atoms with Crippen LogP contribution in [0, 0.1) is 5.92 Å². The lowest BCUT2D eigenvalue weighted by Crippen LogP contribution is -2.32. The van der Waals surface area contributed by atoms with Crippen molar-refractivity contribution >= 4 is 10.8 Å². The van der Waals surface area contributed by atoms with Crippen molar-refractivity contribution in [3.8, 4) is 22.8 Å². The predicted molar refractivity (Wildman–Crippen MR) is 102 cm³/mol. The first-order valence-corrected chi connectivity index (χ1v) is 9.24. The van der Waals surface area contributed by atoms with E-state index >= 15 is 0 Å². The highest BCUT2D eigenvalue weighted by Gasteiger charge is 2.23. The molecule has 26 heavy (non-hydrogen) atoms. The third kappa shape index (κ3) is 2.51. The van der Waals surface area contributed by atoms with Crippen LogP contribution in [0.1, 0.15) is 25.3 Å². The molecule has 0 amide bonds. The molecule has 0 saturated carbocycles. The molecule has 5 rings (SSSR count). The molecular formula is C21H21N3O2. The Morgan fingerprint density at radius 3 is 2.88 bits per heavy atom. The van der Waals surface area contributed by atoms with Gasteiger partial charge in [-0.3, -0.25) is 9.69 Å². The topological polar surface area (TPSA) is 58.2 Å². The molecule has 3 heterocycles. The van der Waals surface area contributed by atoms with E-state index in [4.69, 9.17) is 4.74 Å². The summed E-state index contributed by atoms with van der Waals surface area (Å²) in [6, 6.07) is 11.9. The molecule has 0 spiro atoms. The van der Waals surface area contributed by atoms with Crippen molar-refractivity contribution in [2.75, 3.05) is 13.1 Å². The normalized spacial score (nSPS) is 17.1. The molecule has 0 unspecified atom stereocenters. The number of ether oxygens (including phenoxy) is 1. The molecule has 1 fully saturated rings. The van der Waals surface area contributed by atoms with E-state index < -0.39 is 0 Å². The Morgan fingerprint density at radius 1 is 1.19 bits per heavy atom. The Balaban J connectivity index is 1.56. The van der Waals surface area contributed by atoms with Crippen molar-refractivity contribution in [1.29, 1.82) is 0 Å². The van der Waals surface area contributed by atoms with Gasteiger partial charge in [-0.05, 0) is 61.7 Å². The van der Waals surface area contributed by atoms with Gasteiger partial charge < -0.3 is 4.74 Å². The predicted octanol–water partition coefficient (Wildman–Crippen LogP) is 3.93. The number of nitrogens with zero attached hydrogens (tertiary/aromatic N) is 2. The van der Waals surface area contributed by atoms with E-state index in [1.165, 1.54) is 18.4 Å². The van der Waals surface area contributed by atoms with Crippen molar-refractivity contribution in [3.63, 3.8) is 0 Å². The van der Waals surface area contributed by atoms with Crippen LogP contribution in [0.2, 0.25) is 0 Å². The Bertz CT molecular complexity index is 1050. The number of rotatable bonds is 2. The molecular weight excluding hydrogens is 326 g/mol.